The van der Waals surface area contributed by atoms with Crippen LogP contribution in [0.5, 0.6) is 0 Å². The van der Waals surface area contributed by atoms with Gasteiger partial charge < -0.3 is 5.32 Å². The number of carbonyl (C=O) groups excluding carboxylic acids is 1. The van der Waals surface area contributed by atoms with Gasteiger partial charge in [-0.2, -0.15) is 5.10 Å². The molecule has 1 amide bonds. The molecule has 0 unspecified atom stereocenters. The van der Waals surface area contributed by atoms with Crippen molar-refractivity contribution in [3.8, 4) is 22.6 Å². The first kappa shape index (κ1) is 17.5. The smallest absolute Gasteiger partial charge is 0.274 e. The summed E-state index contributed by atoms with van der Waals surface area (Å²) in [6.45, 7) is 1.92. The van der Waals surface area contributed by atoms with E-state index in [-0.39, 0.29) is 5.91 Å². The van der Waals surface area contributed by atoms with Crippen LogP contribution in [0.1, 0.15) is 16.2 Å². The third-order valence-electron chi connectivity index (χ3n) is 4.17. The molecule has 0 atom stereocenters. The Balaban J connectivity index is 1.62. The van der Waals surface area contributed by atoms with E-state index in [0.29, 0.717) is 28.5 Å². The summed E-state index contributed by atoms with van der Waals surface area (Å²) in [7, 11) is 1.80. The molecule has 0 radical (unpaired) electrons. The maximum atomic E-state index is 12.8. The highest BCUT2D eigenvalue weighted by atomic mass is 16.1. The summed E-state index contributed by atoms with van der Waals surface area (Å²) in [5.74, 6) is -0.313. The molecule has 4 aromatic heterocycles. The van der Waals surface area contributed by atoms with E-state index in [4.69, 9.17) is 0 Å². The van der Waals surface area contributed by atoms with E-state index < -0.39 is 0 Å². The highest BCUT2D eigenvalue weighted by Gasteiger charge is 2.16. The largest absolute Gasteiger partial charge is 0.317 e. The lowest BCUT2D eigenvalue weighted by molar-refractivity contribution is 0.102. The number of anilines is 1. The predicted octanol–water partition coefficient (Wildman–Crippen LogP) is 3.50. The van der Waals surface area contributed by atoms with Crippen molar-refractivity contribution >= 4 is 11.6 Å². The van der Waals surface area contributed by atoms with Crippen LogP contribution in [0.25, 0.3) is 22.6 Å². The summed E-state index contributed by atoms with van der Waals surface area (Å²) in [5.41, 5.74) is 4.66. The minimum absolute atomic E-state index is 0.313. The topological polar surface area (TPSA) is 85.6 Å². The van der Waals surface area contributed by atoms with Crippen LogP contribution in [-0.4, -0.2) is 30.6 Å². The van der Waals surface area contributed by atoms with Gasteiger partial charge in [-0.3, -0.25) is 19.4 Å². The first-order valence-electron chi connectivity index (χ1n) is 8.76. The fraction of sp³-hybridized carbons (Fsp3) is 0.0952. The van der Waals surface area contributed by atoms with E-state index >= 15 is 0 Å². The molecule has 0 saturated heterocycles. The lowest BCUT2D eigenvalue weighted by Gasteiger charge is -2.07. The van der Waals surface area contributed by atoms with Crippen molar-refractivity contribution in [3.63, 3.8) is 0 Å². The molecular weight excluding hydrogens is 352 g/mol. The van der Waals surface area contributed by atoms with Gasteiger partial charge in [0.1, 0.15) is 11.4 Å². The van der Waals surface area contributed by atoms with Crippen LogP contribution in [0.2, 0.25) is 0 Å². The first-order chi connectivity index (χ1) is 13.6. The molecule has 0 fully saturated rings. The fourth-order valence-electron chi connectivity index (χ4n) is 2.80. The third kappa shape index (κ3) is 3.64. The van der Waals surface area contributed by atoms with Crippen LogP contribution in [0.4, 0.5) is 5.69 Å². The van der Waals surface area contributed by atoms with Crippen LogP contribution < -0.4 is 5.32 Å². The molecule has 4 heterocycles. The molecule has 0 aromatic carbocycles. The zero-order valence-corrected chi connectivity index (χ0v) is 15.5. The average molecular weight is 370 g/mol. The zero-order valence-electron chi connectivity index (χ0n) is 15.5. The summed E-state index contributed by atoms with van der Waals surface area (Å²) in [4.78, 5) is 25.9. The number of hydrogen-bond donors (Lipinski definition) is 1. The lowest BCUT2D eigenvalue weighted by atomic mass is 10.1. The van der Waals surface area contributed by atoms with Crippen molar-refractivity contribution in [1.82, 2.24) is 24.7 Å². The predicted molar refractivity (Wildman–Crippen MR) is 107 cm³/mol. The minimum Gasteiger partial charge on any atom is -0.317 e. The summed E-state index contributed by atoms with van der Waals surface area (Å²) in [5, 5.41) is 7.31. The van der Waals surface area contributed by atoms with Crippen LogP contribution in [-0.2, 0) is 7.05 Å². The molecule has 4 aromatic rings. The van der Waals surface area contributed by atoms with Gasteiger partial charge in [-0.15, -0.1) is 0 Å². The molecule has 0 aliphatic rings. The minimum atomic E-state index is -0.313. The second kappa shape index (κ2) is 7.40. The molecule has 7 heteroatoms. The van der Waals surface area contributed by atoms with Gasteiger partial charge in [0.15, 0.2) is 0 Å². The second-order valence-corrected chi connectivity index (χ2v) is 6.33. The maximum absolute atomic E-state index is 12.8. The van der Waals surface area contributed by atoms with Crippen molar-refractivity contribution < 1.29 is 4.79 Å². The van der Waals surface area contributed by atoms with Crippen LogP contribution in [0.3, 0.4) is 0 Å². The number of nitrogens with one attached hydrogen (secondary N) is 1. The molecule has 28 heavy (non-hydrogen) atoms. The highest BCUT2D eigenvalue weighted by Crippen LogP contribution is 2.25. The molecule has 0 aliphatic carbocycles. The van der Waals surface area contributed by atoms with Gasteiger partial charge in [0, 0.05) is 36.9 Å². The third-order valence-corrected chi connectivity index (χ3v) is 4.17. The Morgan fingerprint density at radius 2 is 1.86 bits per heavy atom. The van der Waals surface area contributed by atoms with Crippen molar-refractivity contribution in [2.45, 2.75) is 6.92 Å². The Hall–Kier alpha value is -3.87. The molecule has 0 saturated carbocycles. The van der Waals surface area contributed by atoms with Gasteiger partial charge in [-0.1, -0.05) is 12.1 Å². The second-order valence-electron chi connectivity index (χ2n) is 6.33. The Kier molecular flexibility index (Phi) is 4.63. The normalized spacial score (nSPS) is 10.6. The summed E-state index contributed by atoms with van der Waals surface area (Å²) in [6.07, 6.45) is 5.19. The molecule has 4 rings (SSSR count). The van der Waals surface area contributed by atoms with E-state index in [2.05, 4.69) is 25.4 Å². The van der Waals surface area contributed by atoms with Gasteiger partial charge >= 0.3 is 0 Å². The summed E-state index contributed by atoms with van der Waals surface area (Å²) in [6, 6.07) is 14.7. The number of hydrogen-bond acceptors (Lipinski definition) is 5. The number of amides is 1. The molecule has 0 spiro atoms. The zero-order chi connectivity index (χ0) is 19.5. The van der Waals surface area contributed by atoms with Gasteiger partial charge in [0.05, 0.1) is 17.1 Å². The standard InChI is InChI=1S/C21H18N6O/c1-14-9-10-15(12-23-14)16-7-5-8-18(24-16)21(28)25-19-13-27(2)26-20(19)17-6-3-4-11-22-17/h3-13H,1-2H3,(H,25,28). The Labute approximate surface area is 162 Å². The van der Waals surface area contributed by atoms with Gasteiger partial charge in [0.25, 0.3) is 5.91 Å². The number of carbonyl (C=O) groups is 1. The maximum Gasteiger partial charge on any atom is 0.274 e. The summed E-state index contributed by atoms with van der Waals surface area (Å²) < 4.78 is 1.64. The number of aryl methyl sites for hydroxylation is 2. The molecule has 138 valence electrons. The monoisotopic (exact) mass is 370 g/mol. The van der Waals surface area contributed by atoms with Crippen molar-refractivity contribution in [2.75, 3.05) is 5.32 Å². The number of pyridine rings is 3. The number of rotatable bonds is 4. The molecule has 0 bridgehead atoms. The SMILES string of the molecule is Cc1ccc(-c2cccc(C(=O)Nc3cn(C)nc3-c3ccccn3)n2)cn1. The molecule has 7 nitrogen and oxygen atoms in total. The van der Waals surface area contributed by atoms with E-state index in [9.17, 15) is 4.79 Å². The van der Waals surface area contributed by atoms with Crippen molar-refractivity contribution in [1.29, 1.82) is 0 Å². The van der Waals surface area contributed by atoms with Gasteiger partial charge in [-0.05, 0) is 43.3 Å². The van der Waals surface area contributed by atoms with E-state index in [1.807, 2.05) is 43.3 Å². The van der Waals surface area contributed by atoms with Crippen LogP contribution >= 0.6 is 0 Å². The van der Waals surface area contributed by atoms with E-state index in [1.165, 1.54) is 0 Å². The van der Waals surface area contributed by atoms with Crippen molar-refractivity contribution in [3.05, 3.63) is 78.5 Å². The fourth-order valence-corrected chi connectivity index (χ4v) is 2.80. The number of nitrogens with zero attached hydrogens (tertiary/aromatic N) is 5. The lowest BCUT2D eigenvalue weighted by Crippen LogP contribution is -2.14. The summed E-state index contributed by atoms with van der Waals surface area (Å²) >= 11 is 0. The highest BCUT2D eigenvalue weighted by molar-refractivity contribution is 6.04. The number of aromatic nitrogens is 5. The molecule has 1 N–H and O–H groups in total. The average Bonchev–Trinajstić information content (AvgIpc) is 3.09. The Morgan fingerprint density at radius 1 is 1.00 bits per heavy atom. The van der Waals surface area contributed by atoms with Gasteiger partial charge in [-0.25, -0.2) is 4.98 Å². The first-order valence-corrected chi connectivity index (χ1v) is 8.76. The molecule has 0 aliphatic heterocycles. The quantitative estimate of drug-likeness (QED) is 0.594. The van der Waals surface area contributed by atoms with E-state index in [0.717, 1.165) is 11.3 Å². The van der Waals surface area contributed by atoms with Crippen LogP contribution in [0.15, 0.2) is 67.1 Å². The molecular formula is C21H18N6O. The van der Waals surface area contributed by atoms with E-state index in [1.54, 1.807) is 42.5 Å². The van der Waals surface area contributed by atoms with Crippen LogP contribution in [0, 0.1) is 6.92 Å². The van der Waals surface area contributed by atoms with Gasteiger partial charge in [0.2, 0.25) is 0 Å². The van der Waals surface area contributed by atoms with Crippen molar-refractivity contribution in [2.24, 2.45) is 7.05 Å². The Morgan fingerprint density at radius 3 is 2.61 bits per heavy atom. The Bertz CT molecular complexity index is 1120.